The highest BCUT2D eigenvalue weighted by atomic mass is 16.2. The maximum absolute atomic E-state index is 12.0. The minimum Gasteiger partial charge on any atom is -0.345 e. The van der Waals surface area contributed by atoms with Crippen molar-refractivity contribution in [2.75, 3.05) is 19.4 Å². The standard InChI is InChI=1S/C15H16N4O2/c1-10-8-17-13(9-16-10)14(20)18-12-6-4-5-11(7-12)15(21)19(2)3/h4-9H,1-3H3,(H,18,20). The second-order valence-corrected chi connectivity index (χ2v) is 4.78. The summed E-state index contributed by atoms with van der Waals surface area (Å²) < 4.78 is 0. The number of rotatable bonds is 3. The Morgan fingerprint density at radius 2 is 1.90 bits per heavy atom. The van der Waals surface area contributed by atoms with Gasteiger partial charge in [-0.05, 0) is 25.1 Å². The molecule has 0 spiro atoms. The molecule has 108 valence electrons. The first-order valence-corrected chi connectivity index (χ1v) is 6.39. The van der Waals surface area contributed by atoms with E-state index in [4.69, 9.17) is 0 Å². The van der Waals surface area contributed by atoms with Crippen LogP contribution in [0.1, 0.15) is 26.5 Å². The molecule has 0 atom stereocenters. The molecule has 0 unspecified atom stereocenters. The van der Waals surface area contributed by atoms with Crippen LogP contribution in [0.25, 0.3) is 0 Å². The number of amides is 2. The minimum atomic E-state index is -0.364. The van der Waals surface area contributed by atoms with E-state index in [0.29, 0.717) is 11.3 Å². The van der Waals surface area contributed by atoms with Crippen LogP contribution in [-0.2, 0) is 0 Å². The molecule has 1 aromatic heterocycles. The molecule has 1 aromatic carbocycles. The van der Waals surface area contributed by atoms with E-state index in [1.807, 2.05) is 0 Å². The van der Waals surface area contributed by atoms with Gasteiger partial charge in [0.1, 0.15) is 5.69 Å². The molecule has 2 aromatic rings. The largest absolute Gasteiger partial charge is 0.345 e. The van der Waals surface area contributed by atoms with Crippen molar-refractivity contribution in [1.29, 1.82) is 0 Å². The number of hydrogen-bond acceptors (Lipinski definition) is 4. The van der Waals surface area contributed by atoms with Crippen LogP contribution in [0.15, 0.2) is 36.7 Å². The van der Waals surface area contributed by atoms with Gasteiger partial charge < -0.3 is 10.2 Å². The van der Waals surface area contributed by atoms with E-state index >= 15 is 0 Å². The molecule has 0 aliphatic heterocycles. The molecular weight excluding hydrogens is 268 g/mol. The molecule has 0 bridgehead atoms. The Morgan fingerprint density at radius 1 is 1.14 bits per heavy atom. The highest BCUT2D eigenvalue weighted by Crippen LogP contribution is 2.13. The molecular formula is C15H16N4O2. The van der Waals surface area contributed by atoms with Gasteiger partial charge in [-0.15, -0.1) is 0 Å². The molecule has 0 saturated heterocycles. The summed E-state index contributed by atoms with van der Waals surface area (Å²) in [5.74, 6) is -0.488. The van der Waals surface area contributed by atoms with E-state index in [1.54, 1.807) is 45.3 Å². The van der Waals surface area contributed by atoms with Gasteiger partial charge in [0.2, 0.25) is 0 Å². The lowest BCUT2D eigenvalue weighted by Gasteiger charge is -2.11. The van der Waals surface area contributed by atoms with Gasteiger partial charge in [-0.25, -0.2) is 4.98 Å². The van der Waals surface area contributed by atoms with Crippen molar-refractivity contribution in [3.05, 3.63) is 53.6 Å². The average Bonchev–Trinajstić information content (AvgIpc) is 2.47. The second kappa shape index (κ2) is 6.13. The van der Waals surface area contributed by atoms with Crippen LogP contribution in [0.3, 0.4) is 0 Å². The van der Waals surface area contributed by atoms with Crippen LogP contribution >= 0.6 is 0 Å². The lowest BCUT2D eigenvalue weighted by Crippen LogP contribution is -2.22. The van der Waals surface area contributed by atoms with Gasteiger partial charge in [0, 0.05) is 31.5 Å². The third kappa shape index (κ3) is 3.62. The van der Waals surface area contributed by atoms with Crippen LogP contribution in [0.5, 0.6) is 0 Å². The summed E-state index contributed by atoms with van der Waals surface area (Å²) in [5.41, 5.74) is 2.01. The number of aromatic nitrogens is 2. The van der Waals surface area contributed by atoms with Crippen molar-refractivity contribution >= 4 is 17.5 Å². The fourth-order valence-corrected chi connectivity index (χ4v) is 1.69. The zero-order valence-corrected chi connectivity index (χ0v) is 12.1. The fraction of sp³-hybridized carbons (Fsp3) is 0.200. The number of nitrogens with zero attached hydrogens (tertiary/aromatic N) is 3. The molecule has 1 heterocycles. The summed E-state index contributed by atoms with van der Waals surface area (Å²) in [6.07, 6.45) is 2.94. The van der Waals surface area contributed by atoms with E-state index in [0.717, 1.165) is 5.69 Å². The van der Waals surface area contributed by atoms with Crippen LogP contribution in [0.4, 0.5) is 5.69 Å². The van der Waals surface area contributed by atoms with Crippen LogP contribution < -0.4 is 5.32 Å². The van der Waals surface area contributed by atoms with Crippen LogP contribution in [0.2, 0.25) is 0 Å². The first-order chi connectivity index (χ1) is 9.97. The molecule has 0 saturated carbocycles. The number of nitrogens with one attached hydrogen (secondary N) is 1. The summed E-state index contributed by atoms with van der Waals surface area (Å²) in [6, 6.07) is 6.75. The molecule has 0 fully saturated rings. The molecule has 0 aliphatic rings. The topological polar surface area (TPSA) is 75.2 Å². The first-order valence-electron chi connectivity index (χ1n) is 6.39. The normalized spacial score (nSPS) is 10.0. The number of benzene rings is 1. The maximum atomic E-state index is 12.0. The molecule has 0 aliphatic carbocycles. The third-order valence-corrected chi connectivity index (χ3v) is 2.79. The van der Waals surface area contributed by atoms with Crippen LogP contribution in [0, 0.1) is 6.92 Å². The summed E-state index contributed by atoms with van der Waals surface area (Å²) in [4.78, 5) is 33.4. The van der Waals surface area contributed by atoms with E-state index in [-0.39, 0.29) is 17.5 Å². The second-order valence-electron chi connectivity index (χ2n) is 4.78. The molecule has 2 rings (SSSR count). The summed E-state index contributed by atoms with van der Waals surface area (Å²) >= 11 is 0. The van der Waals surface area contributed by atoms with Gasteiger partial charge in [-0.3, -0.25) is 14.6 Å². The lowest BCUT2D eigenvalue weighted by atomic mass is 10.2. The fourth-order valence-electron chi connectivity index (χ4n) is 1.69. The van der Waals surface area contributed by atoms with Gasteiger partial charge in [0.25, 0.3) is 11.8 Å². The van der Waals surface area contributed by atoms with Crippen LogP contribution in [-0.4, -0.2) is 40.8 Å². The average molecular weight is 284 g/mol. The predicted octanol–water partition coefficient (Wildman–Crippen LogP) is 1.74. The van der Waals surface area contributed by atoms with Crippen molar-refractivity contribution in [3.8, 4) is 0 Å². The smallest absolute Gasteiger partial charge is 0.275 e. The predicted molar refractivity (Wildman–Crippen MR) is 79.2 cm³/mol. The van der Waals surface area contributed by atoms with Crippen molar-refractivity contribution in [3.63, 3.8) is 0 Å². The molecule has 6 heteroatoms. The summed E-state index contributed by atoms with van der Waals surface area (Å²) in [6.45, 7) is 1.80. The Hall–Kier alpha value is -2.76. The zero-order valence-electron chi connectivity index (χ0n) is 12.1. The van der Waals surface area contributed by atoms with E-state index in [2.05, 4.69) is 15.3 Å². The third-order valence-electron chi connectivity index (χ3n) is 2.79. The number of anilines is 1. The van der Waals surface area contributed by atoms with E-state index in [9.17, 15) is 9.59 Å². The molecule has 2 amide bonds. The maximum Gasteiger partial charge on any atom is 0.275 e. The minimum absolute atomic E-state index is 0.124. The Kier molecular flexibility index (Phi) is 4.27. The Labute approximate surface area is 122 Å². The van der Waals surface area contributed by atoms with Gasteiger partial charge in [0.15, 0.2) is 0 Å². The van der Waals surface area contributed by atoms with Crippen molar-refractivity contribution in [2.24, 2.45) is 0 Å². The quantitative estimate of drug-likeness (QED) is 0.931. The van der Waals surface area contributed by atoms with Gasteiger partial charge >= 0.3 is 0 Å². The van der Waals surface area contributed by atoms with Crippen molar-refractivity contribution in [2.45, 2.75) is 6.92 Å². The Morgan fingerprint density at radius 3 is 2.52 bits per heavy atom. The molecule has 21 heavy (non-hydrogen) atoms. The molecule has 1 N–H and O–H groups in total. The van der Waals surface area contributed by atoms with E-state index < -0.39 is 0 Å². The lowest BCUT2D eigenvalue weighted by molar-refractivity contribution is 0.0827. The summed E-state index contributed by atoms with van der Waals surface area (Å²) in [7, 11) is 3.35. The van der Waals surface area contributed by atoms with Gasteiger partial charge in [-0.2, -0.15) is 0 Å². The van der Waals surface area contributed by atoms with Gasteiger partial charge in [0.05, 0.1) is 11.9 Å². The Balaban J connectivity index is 2.16. The highest BCUT2D eigenvalue weighted by Gasteiger charge is 2.11. The van der Waals surface area contributed by atoms with Gasteiger partial charge in [-0.1, -0.05) is 6.07 Å². The molecule has 6 nitrogen and oxygen atoms in total. The SMILES string of the molecule is Cc1cnc(C(=O)Nc2cccc(C(=O)N(C)C)c2)cn1. The first kappa shape index (κ1) is 14.6. The van der Waals surface area contributed by atoms with Crippen molar-refractivity contribution < 1.29 is 9.59 Å². The summed E-state index contributed by atoms with van der Waals surface area (Å²) in [5, 5.41) is 2.70. The zero-order chi connectivity index (χ0) is 15.4. The number of carbonyl (C=O) groups excluding carboxylic acids is 2. The Bertz CT molecular complexity index is 666. The number of hydrogen-bond donors (Lipinski definition) is 1. The number of carbonyl (C=O) groups is 2. The number of aryl methyl sites for hydroxylation is 1. The highest BCUT2D eigenvalue weighted by molar-refractivity contribution is 6.03. The van der Waals surface area contributed by atoms with Crippen molar-refractivity contribution in [1.82, 2.24) is 14.9 Å². The monoisotopic (exact) mass is 284 g/mol. The van der Waals surface area contributed by atoms with E-state index in [1.165, 1.54) is 17.3 Å². The molecule has 0 radical (unpaired) electrons.